The molecule has 0 aromatic carbocycles. The molecule has 0 N–H and O–H groups in total. The summed E-state index contributed by atoms with van der Waals surface area (Å²) in [5.41, 5.74) is 1.61. The number of anilines is 1. The lowest BCUT2D eigenvalue weighted by molar-refractivity contribution is 0.432. The molecule has 0 amide bonds. The number of hydrogen-bond donors (Lipinski definition) is 0. The minimum Gasteiger partial charge on any atom is -0.353 e. The first-order valence-corrected chi connectivity index (χ1v) is 10.4. The number of hydrogen-bond acceptors (Lipinski definition) is 9. The lowest BCUT2D eigenvalue weighted by Gasteiger charge is -2.39. The molecule has 10 heteroatoms. The SMILES string of the molecule is CCC1c2nnc(C)n2-c2cnc(-c3cnoc3-c3nccs3)nc2N1C(C)C. The largest absolute Gasteiger partial charge is 0.353 e. The van der Waals surface area contributed by atoms with E-state index in [0.717, 1.165) is 40.1 Å². The highest BCUT2D eigenvalue weighted by Crippen LogP contribution is 2.41. The zero-order valence-electron chi connectivity index (χ0n) is 16.6. The summed E-state index contributed by atoms with van der Waals surface area (Å²) in [4.78, 5) is 16.2. The molecule has 0 saturated carbocycles. The Bertz CT molecular complexity index is 1160. The predicted octanol–water partition coefficient (Wildman–Crippen LogP) is 3.82. The Balaban J connectivity index is 1.71. The second kappa shape index (κ2) is 6.73. The Morgan fingerprint density at radius 1 is 1.21 bits per heavy atom. The van der Waals surface area contributed by atoms with E-state index in [9.17, 15) is 0 Å². The van der Waals surface area contributed by atoms with Gasteiger partial charge in [0.15, 0.2) is 22.5 Å². The van der Waals surface area contributed by atoms with Gasteiger partial charge in [0, 0.05) is 17.6 Å². The minimum atomic E-state index is 0.0901. The van der Waals surface area contributed by atoms with Gasteiger partial charge in [-0.3, -0.25) is 4.57 Å². The second-order valence-electron chi connectivity index (χ2n) is 7.17. The van der Waals surface area contributed by atoms with E-state index in [1.165, 1.54) is 11.3 Å². The van der Waals surface area contributed by atoms with Crippen LogP contribution in [0, 0.1) is 6.92 Å². The molecule has 9 nitrogen and oxygen atoms in total. The molecule has 4 aromatic rings. The van der Waals surface area contributed by atoms with Gasteiger partial charge in [0.05, 0.1) is 24.0 Å². The van der Waals surface area contributed by atoms with E-state index in [0.29, 0.717) is 11.6 Å². The van der Waals surface area contributed by atoms with Gasteiger partial charge in [0.2, 0.25) is 5.76 Å². The summed E-state index contributed by atoms with van der Waals surface area (Å²) in [5.74, 6) is 3.76. The van der Waals surface area contributed by atoms with Crippen LogP contribution in [0.25, 0.3) is 27.8 Å². The molecule has 0 bridgehead atoms. The molecule has 0 aliphatic carbocycles. The van der Waals surface area contributed by atoms with E-state index in [-0.39, 0.29) is 12.1 Å². The van der Waals surface area contributed by atoms with E-state index in [1.54, 1.807) is 12.4 Å². The zero-order chi connectivity index (χ0) is 20.1. The fourth-order valence-corrected chi connectivity index (χ4v) is 4.51. The first-order chi connectivity index (χ1) is 14.1. The molecule has 5 rings (SSSR count). The molecule has 0 spiro atoms. The molecule has 1 atom stereocenters. The van der Waals surface area contributed by atoms with Crippen LogP contribution in [0.3, 0.4) is 0 Å². The zero-order valence-corrected chi connectivity index (χ0v) is 17.4. The number of aryl methyl sites for hydroxylation is 1. The molecule has 1 aliphatic rings. The van der Waals surface area contributed by atoms with Crippen LogP contribution in [-0.2, 0) is 0 Å². The standard InChI is InChI=1S/C19H20N8OS/c1-5-13-18-25-24-11(4)27(18)14-9-21-16(23-17(14)26(13)10(2)3)12-8-22-28-15(12)19-20-6-7-29-19/h6-10,13H,5H2,1-4H3. The van der Waals surface area contributed by atoms with Crippen molar-refractivity contribution < 1.29 is 4.52 Å². The summed E-state index contributed by atoms with van der Waals surface area (Å²) in [7, 11) is 0. The lowest BCUT2D eigenvalue weighted by Crippen LogP contribution is -2.40. The monoisotopic (exact) mass is 408 g/mol. The molecule has 1 unspecified atom stereocenters. The van der Waals surface area contributed by atoms with Crippen molar-refractivity contribution in [2.24, 2.45) is 0 Å². The Morgan fingerprint density at radius 2 is 2.07 bits per heavy atom. The third kappa shape index (κ3) is 2.66. The number of fused-ring (bicyclic) bond motifs is 3. The van der Waals surface area contributed by atoms with Crippen molar-refractivity contribution in [2.45, 2.75) is 46.2 Å². The quantitative estimate of drug-likeness (QED) is 0.502. The molecular formula is C19H20N8OS. The van der Waals surface area contributed by atoms with E-state index in [4.69, 9.17) is 9.51 Å². The van der Waals surface area contributed by atoms with Crippen LogP contribution in [0.15, 0.2) is 28.5 Å². The summed E-state index contributed by atoms with van der Waals surface area (Å²) in [6, 6.07) is 0.320. The lowest BCUT2D eigenvalue weighted by atomic mass is 10.1. The van der Waals surface area contributed by atoms with Gasteiger partial charge in [-0.15, -0.1) is 21.5 Å². The fraction of sp³-hybridized carbons (Fsp3) is 0.368. The molecule has 4 aromatic heterocycles. The number of thiazole rings is 1. The second-order valence-corrected chi connectivity index (χ2v) is 8.07. The van der Waals surface area contributed by atoms with E-state index >= 15 is 0 Å². The van der Waals surface area contributed by atoms with Gasteiger partial charge in [0.1, 0.15) is 11.5 Å². The predicted molar refractivity (Wildman–Crippen MR) is 109 cm³/mol. The van der Waals surface area contributed by atoms with Crippen molar-refractivity contribution in [1.29, 1.82) is 0 Å². The average Bonchev–Trinajstić information content (AvgIpc) is 3.46. The minimum absolute atomic E-state index is 0.0901. The third-order valence-corrected chi connectivity index (χ3v) is 5.87. The van der Waals surface area contributed by atoms with Gasteiger partial charge >= 0.3 is 0 Å². The van der Waals surface area contributed by atoms with Crippen LogP contribution in [0.1, 0.15) is 44.9 Å². The van der Waals surface area contributed by atoms with Crippen molar-refractivity contribution >= 4 is 17.2 Å². The van der Waals surface area contributed by atoms with Gasteiger partial charge in [-0.25, -0.2) is 15.0 Å². The smallest absolute Gasteiger partial charge is 0.206 e. The Kier molecular flexibility index (Phi) is 4.16. The van der Waals surface area contributed by atoms with Gasteiger partial charge in [-0.05, 0) is 27.2 Å². The normalized spacial score (nSPS) is 15.6. The Hall–Kier alpha value is -3.14. The highest BCUT2D eigenvalue weighted by atomic mass is 32.1. The molecule has 1 aliphatic heterocycles. The van der Waals surface area contributed by atoms with Gasteiger partial charge < -0.3 is 9.42 Å². The van der Waals surface area contributed by atoms with Crippen molar-refractivity contribution in [2.75, 3.05) is 4.90 Å². The molecule has 0 radical (unpaired) electrons. The van der Waals surface area contributed by atoms with Crippen LogP contribution < -0.4 is 4.90 Å². The van der Waals surface area contributed by atoms with Crippen molar-refractivity contribution in [3.8, 4) is 27.8 Å². The van der Waals surface area contributed by atoms with Gasteiger partial charge in [0.25, 0.3) is 0 Å². The van der Waals surface area contributed by atoms with E-state index in [2.05, 4.69) is 55.6 Å². The average molecular weight is 408 g/mol. The van der Waals surface area contributed by atoms with E-state index < -0.39 is 0 Å². The molecule has 148 valence electrons. The van der Waals surface area contributed by atoms with Gasteiger partial charge in [-0.2, -0.15) is 0 Å². The number of nitrogens with zero attached hydrogens (tertiary/aromatic N) is 8. The summed E-state index contributed by atoms with van der Waals surface area (Å²) in [6.07, 6.45) is 6.11. The maximum atomic E-state index is 5.47. The van der Waals surface area contributed by atoms with Crippen LogP contribution in [0.4, 0.5) is 5.82 Å². The number of rotatable bonds is 4. The number of aromatic nitrogens is 7. The highest BCUT2D eigenvalue weighted by Gasteiger charge is 2.36. The summed E-state index contributed by atoms with van der Waals surface area (Å²) in [6.45, 7) is 8.43. The molecule has 0 fully saturated rings. The van der Waals surface area contributed by atoms with E-state index in [1.807, 2.05) is 18.5 Å². The molecular weight excluding hydrogens is 388 g/mol. The maximum absolute atomic E-state index is 5.47. The fourth-order valence-electron chi connectivity index (χ4n) is 3.88. The highest BCUT2D eigenvalue weighted by molar-refractivity contribution is 7.13. The summed E-state index contributed by atoms with van der Waals surface area (Å²) < 4.78 is 7.52. The van der Waals surface area contributed by atoms with Crippen LogP contribution in [0.2, 0.25) is 0 Å². The van der Waals surface area contributed by atoms with Gasteiger partial charge in [-0.1, -0.05) is 12.1 Å². The van der Waals surface area contributed by atoms with Crippen LogP contribution in [0.5, 0.6) is 0 Å². The molecule has 0 saturated heterocycles. The van der Waals surface area contributed by atoms with Crippen molar-refractivity contribution in [3.05, 3.63) is 35.6 Å². The molecule has 5 heterocycles. The van der Waals surface area contributed by atoms with Crippen molar-refractivity contribution in [3.63, 3.8) is 0 Å². The summed E-state index contributed by atoms with van der Waals surface area (Å²) >= 11 is 1.49. The summed E-state index contributed by atoms with van der Waals surface area (Å²) in [5, 5.41) is 15.4. The Morgan fingerprint density at radius 3 is 2.79 bits per heavy atom. The Labute approximate surface area is 171 Å². The molecule has 29 heavy (non-hydrogen) atoms. The maximum Gasteiger partial charge on any atom is 0.206 e. The van der Waals surface area contributed by atoms with Crippen LogP contribution >= 0.6 is 11.3 Å². The third-order valence-electron chi connectivity index (χ3n) is 5.10. The topological polar surface area (TPSA) is 98.6 Å². The first-order valence-electron chi connectivity index (χ1n) is 9.52. The van der Waals surface area contributed by atoms with Crippen LogP contribution in [-0.4, -0.2) is 40.9 Å². The first kappa shape index (κ1) is 17.9. The van der Waals surface area contributed by atoms with Crippen molar-refractivity contribution in [1.82, 2.24) is 34.9 Å².